The van der Waals surface area contributed by atoms with Gasteiger partial charge in [-0.3, -0.25) is 0 Å². The molecule has 8 N–H and O–H groups in total. The maximum Gasteiger partial charge on any atom is 0.237 e. The third-order valence-corrected chi connectivity index (χ3v) is 0.339. The second-order valence-corrected chi connectivity index (χ2v) is 1.08. The highest BCUT2D eigenvalue weighted by atomic mass is 19.2. The molecule has 0 rings (SSSR count). The van der Waals surface area contributed by atoms with Crippen molar-refractivity contribution < 1.29 is 8.78 Å². The lowest BCUT2D eigenvalue weighted by Crippen LogP contribution is -1.99. The fourth-order valence-corrected chi connectivity index (χ4v) is 0. The average molecular weight is 152 g/mol. The van der Waals surface area contributed by atoms with Crippen LogP contribution in [0.2, 0.25) is 0 Å². The van der Waals surface area contributed by atoms with Crippen LogP contribution in [-0.2, 0) is 0 Å². The van der Waals surface area contributed by atoms with Crippen LogP contribution in [0.1, 0.15) is 0 Å². The number of rotatable bonds is 0. The van der Waals surface area contributed by atoms with Gasteiger partial charge in [0.05, 0.1) is 0 Å². The summed E-state index contributed by atoms with van der Waals surface area (Å²) in [4.78, 5) is 0. The smallest absolute Gasteiger partial charge is 0.237 e. The molecule has 0 radical (unpaired) electrons. The fourth-order valence-electron chi connectivity index (χ4n) is 0. The van der Waals surface area contributed by atoms with Crippen molar-refractivity contribution in [1.29, 1.82) is 0 Å². The van der Waals surface area contributed by atoms with Gasteiger partial charge in [-0.25, -0.2) is 0 Å². The van der Waals surface area contributed by atoms with E-state index in [1.54, 1.807) is 0 Å². The first-order valence-electron chi connectivity index (χ1n) is 2.21. The molecule has 6 heteroatoms. The highest BCUT2D eigenvalue weighted by Crippen LogP contribution is 1.89. The Kier molecular flexibility index (Phi) is 8.56. The highest BCUT2D eigenvalue weighted by molar-refractivity contribution is 4.87. The summed E-state index contributed by atoms with van der Waals surface area (Å²) in [6.45, 7) is 0. The molecule has 0 saturated heterocycles. The SMILES string of the molecule is NC(F)=C(N)F.NC=CN. The molecule has 0 aromatic carbocycles. The van der Waals surface area contributed by atoms with Gasteiger partial charge < -0.3 is 22.9 Å². The first-order valence-corrected chi connectivity index (χ1v) is 2.21. The molecule has 0 aromatic heterocycles. The highest BCUT2D eigenvalue weighted by Gasteiger charge is 1.88. The van der Waals surface area contributed by atoms with E-state index in [1.165, 1.54) is 12.4 Å². The average Bonchev–Trinajstić information content (AvgIpc) is 1.89. The van der Waals surface area contributed by atoms with Crippen LogP contribution in [0.15, 0.2) is 24.3 Å². The molecular weight excluding hydrogens is 142 g/mol. The van der Waals surface area contributed by atoms with Gasteiger partial charge in [-0.2, -0.15) is 8.78 Å². The van der Waals surface area contributed by atoms with Crippen LogP contribution < -0.4 is 22.9 Å². The summed E-state index contributed by atoms with van der Waals surface area (Å²) in [5.74, 6) is -2.93. The molecule has 60 valence electrons. The molecule has 10 heavy (non-hydrogen) atoms. The number of hydrogen-bond donors (Lipinski definition) is 4. The second kappa shape index (κ2) is 7.54. The van der Waals surface area contributed by atoms with E-state index in [0.29, 0.717) is 0 Å². The van der Waals surface area contributed by atoms with Crippen molar-refractivity contribution >= 4 is 0 Å². The zero-order valence-corrected chi connectivity index (χ0v) is 5.22. The molecule has 4 nitrogen and oxygen atoms in total. The Morgan fingerprint density at radius 3 is 1.10 bits per heavy atom. The maximum absolute atomic E-state index is 11.0. The Balaban J connectivity index is 0. The molecule has 0 saturated carbocycles. The van der Waals surface area contributed by atoms with E-state index in [4.69, 9.17) is 11.5 Å². The minimum atomic E-state index is -1.46. The minimum absolute atomic E-state index is 1.28. The molecule has 0 fully saturated rings. The van der Waals surface area contributed by atoms with Crippen LogP contribution in [0.25, 0.3) is 0 Å². The first kappa shape index (κ1) is 11.4. The van der Waals surface area contributed by atoms with Crippen molar-refractivity contribution in [2.24, 2.45) is 22.9 Å². The molecular formula is C4H10F2N4. The van der Waals surface area contributed by atoms with Gasteiger partial charge in [0.15, 0.2) is 0 Å². The number of nitrogens with two attached hydrogens (primary N) is 4. The van der Waals surface area contributed by atoms with Crippen molar-refractivity contribution in [3.8, 4) is 0 Å². The van der Waals surface area contributed by atoms with Crippen LogP contribution in [0, 0.1) is 0 Å². The van der Waals surface area contributed by atoms with Gasteiger partial charge >= 0.3 is 0 Å². The van der Waals surface area contributed by atoms with E-state index in [-0.39, 0.29) is 0 Å². The Hall–Kier alpha value is -1.46. The van der Waals surface area contributed by atoms with Crippen molar-refractivity contribution in [1.82, 2.24) is 0 Å². The molecule has 0 aromatic rings. The Morgan fingerprint density at radius 2 is 1.10 bits per heavy atom. The van der Waals surface area contributed by atoms with Crippen LogP contribution in [0.3, 0.4) is 0 Å². The topological polar surface area (TPSA) is 104 Å². The third kappa shape index (κ3) is 16.0. The van der Waals surface area contributed by atoms with Crippen LogP contribution in [-0.4, -0.2) is 0 Å². The van der Waals surface area contributed by atoms with E-state index in [9.17, 15) is 8.78 Å². The number of halogens is 2. The summed E-state index contributed by atoms with van der Waals surface area (Å²) in [6.07, 6.45) is 2.56. The lowest BCUT2D eigenvalue weighted by molar-refractivity contribution is 0.523. The van der Waals surface area contributed by atoms with E-state index in [2.05, 4.69) is 11.5 Å². The van der Waals surface area contributed by atoms with Crippen LogP contribution in [0.5, 0.6) is 0 Å². The van der Waals surface area contributed by atoms with E-state index in [0.717, 1.165) is 0 Å². The third-order valence-electron chi connectivity index (χ3n) is 0.339. The Bertz CT molecular complexity index is 109. The predicted molar refractivity (Wildman–Crippen MR) is 35.1 cm³/mol. The molecule has 0 aliphatic carbocycles. The van der Waals surface area contributed by atoms with Gasteiger partial charge in [0, 0.05) is 12.4 Å². The van der Waals surface area contributed by atoms with Gasteiger partial charge in [-0.05, 0) is 0 Å². The molecule has 0 amide bonds. The lowest BCUT2D eigenvalue weighted by Gasteiger charge is -1.79. The predicted octanol–water partition coefficient (Wildman–Crippen LogP) is -0.656. The van der Waals surface area contributed by atoms with Crippen molar-refractivity contribution in [2.75, 3.05) is 0 Å². The largest absolute Gasteiger partial charge is 0.403 e. The van der Waals surface area contributed by atoms with E-state index in [1.807, 2.05) is 0 Å². The lowest BCUT2D eigenvalue weighted by atomic mass is 10.9. The van der Waals surface area contributed by atoms with E-state index >= 15 is 0 Å². The minimum Gasteiger partial charge on any atom is -0.403 e. The summed E-state index contributed by atoms with van der Waals surface area (Å²) in [6, 6.07) is 0. The molecule has 0 aliphatic heterocycles. The summed E-state index contributed by atoms with van der Waals surface area (Å²) >= 11 is 0. The van der Waals surface area contributed by atoms with Gasteiger partial charge in [0.1, 0.15) is 0 Å². The quantitative estimate of drug-likeness (QED) is 0.346. The Morgan fingerprint density at radius 1 is 0.900 bits per heavy atom. The normalized spacial score (nSPS) is 11.8. The fraction of sp³-hybridized carbons (Fsp3) is 0. The molecule has 0 unspecified atom stereocenters. The van der Waals surface area contributed by atoms with Crippen LogP contribution >= 0.6 is 0 Å². The zero-order valence-electron chi connectivity index (χ0n) is 5.22. The van der Waals surface area contributed by atoms with Gasteiger partial charge in [0.25, 0.3) is 0 Å². The summed E-state index contributed by atoms with van der Waals surface area (Å²) < 4.78 is 22.0. The van der Waals surface area contributed by atoms with Crippen molar-refractivity contribution in [3.63, 3.8) is 0 Å². The molecule has 0 bridgehead atoms. The van der Waals surface area contributed by atoms with Gasteiger partial charge in [0.2, 0.25) is 11.9 Å². The maximum atomic E-state index is 11.0. The van der Waals surface area contributed by atoms with Gasteiger partial charge in [-0.1, -0.05) is 0 Å². The van der Waals surface area contributed by atoms with E-state index < -0.39 is 11.9 Å². The van der Waals surface area contributed by atoms with Gasteiger partial charge in [-0.15, -0.1) is 0 Å². The van der Waals surface area contributed by atoms with Crippen LogP contribution in [0.4, 0.5) is 8.78 Å². The monoisotopic (exact) mass is 152 g/mol. The molecule has 0 spiro atoms. The summed E-state index contributed by atoms with van der Waals surface area (Å²) in [7, 11) is 0. The second-order valence-electron chi connectivity index (χ2n) is 1.08. The Labute approximate surface area is 57.2 Å². The van der Waals surface area contributed by atoms with Crippen molar-refractivity contribution in [3.05, 3.63) is 24.3 Å². The molecule has 0 heterocycles. The summed E-state index contributed by atoms with van der Waals surface area (Å²) in [5, 5.41) is 0. The molecule has 0 aliphatic rings. The first-order chi connectivity index (χ1) is 4.56. The summed E-state index contributed by atoms with van der Waals surface area (Å²) in [5.41, 5.74) is 17.7. The standard InChI is InChI=1S/C2H4F2N2.C2H6N2/c3-1(5)2(4)6;3-1-2-4/h5-6H2;1-2H,3-4H2. The molecule has 0 atom stereocenters. The number of hydrogen-bond acceptors (Lipinski definition) is 4. The van der Waals surface area contributed by atoms with Crippen molar-refractivity contribution in [2.45, 2.75) is 0 Å². The zero-order chi connectivity index (χ0) is 8.57.